The Hall–Kier alpha value is -2.48. The summed E-state index contributed by atoms with van der Waals surface area (Å²) >= 11 is 1.31. The van der Waals surface area contributed by atoms with Crippen molar-refractivity contribution in [2.75, 3.05) is 5.32 Å². The Balaban J connectivity index is 1.77. The van der Waals surface area contributed by atoms with Gasteiger partial charge in [0.1, 0.15) is 11.7 Å². The van der Waals surface area contributed by atoms with E-state index in [2.05, 4.69) is 22.2 Å². The highest BCUT2D eigenvalue weighted by molar-refractivity contribution is 7.13. The van der Waals surface area contributed by atoms with E-state index in [0.29, 0.717) is 23.7 Å². The van der Waals surface area contributed by atoms with Gasteiger partial charge in [-0.3, -0.25) is 19.3 Å². The monoisotopic (exact) mass is 304 g/mol. The first kappa shape index (κ1) is 13.5. The molecule has 1 saturated heterocycles. The molecule has 3 heterocycles. The van der Waals surface area contributed by atoms with Crippen molar-refractivity contribution in [3.05, 3.63) is 35.6 Å². The predicted octanol–water partition coefficient (Wildman–Crippen LogP) is 0.600. The summed E-state index contributed by atoms with van der Waals surface area (Å²) in [4.78, 5) is 41.3. The van der Waals surface area contributed by atoms with Crippen LogP contribution in [0.4, 0.5) is 5.13 Å². The first-order chi connectivity index (χ1) is 10.1. The lowest BCUT2D eigenvalue weighted by Crippen LogP contribution is -2.52. The molecule has 0 aliphatic carbocycles. The largest absolute Gasteiger partial charge is 0.329 e. The summed E-state index contributed by atoms with van der Waals surface area (Å²) in [5.41, 5.74) is 0.733. The zero-order valence-electron chi connectivity index (χ0n) is 11.0. The van der Waals surface area contributed by atoms with Gasteiger partial charge in [-0.25, -0.2) is 4.98 Å². The predicted molar refractivity (Wildman–Crippen MR) is 76.0 cm³/mol. The molecule has 2 N–H and O–H groups in total. The van der Waals surface area contributed by atoms with Gasteiger partial charge in [0.25, 0.3) is 11.8 Å². The third-order valence-corrected chi connectivity index (χ3v) is 3.95. The van der Waals surface area contributed by atoms with Crippen molar-refractivity contribution in [1.82, 2.24) is 15.2 Å². The maximum atomic E-state index is 12.3. The molecule has 1 atom stereocenters. The summed E-state index contributed by atoms with van der Waals surface area (Å²) in [6.45, 7) is 3.68. The Morgan fingerprint density at radius 3 is 2.90 bits per heavy atom. The van der Waals surface area contributed by atoms with Crippen molar-refractivity contribution >= 4 is 34.2 Å². The molecule has 0 spiro atoms. The molecule has 2 aliphatic heterocycles. The van der Waals surface area contributed by atoms with E-state index in [1.807, 2.05) is 0 Å². The van der Waals surface area contributed by atoms with Gasteiger partial charge in [0.15, 0.2) is 5.13 Å². The van der Waals surface area contributed by atoms with Gasteiger partial charge in [0.05, 0.1) is 0 Å². The van der Waals surface area contributed by atoms with Gasteiger partial charge >= 0.3 is 0 Å². The van der Waals surface area contributed by atoms with Crippen LogP contribution in [0.15, 0.2) is 35.6 Å². The first-order valence-corrected chi connectivity index (χ1v) is 7.18. The number of carbonyl (C=O) groups is 3. The Bertz CT molecular complexity index is 665. The highest BCUT2D eigenvalue weighted by Gasteiger charge is 2.41. The molecule has 0 aromatic carbocycles. The number of carbonyl (C=O) groups excluding carboxylic acids is 3. The number of anilines is 1. The number of hydrogen-bond acceptors (Lipinski definition) is 6. The molecule has 1 aromatic rings. The molecule has 8 heteroatoms. The molecule has 0 radical (unpaired) electrons. The fourth-order valence-corrected chi connectivity index (χ4v) is 2.82. The topological polar surface area (TPSA) is 91.4 Å². The maximum Gasteiger partial charge on any atom is 0.278 e. The Kier molecular flexibility index (Phi) is 3.30. The van der Waals surface area contributed by atoms with Gasteiger partial charge in [0.2, 0.25) is 5.91 Å². The van der Waals surface area contributed by atoms with E-state index in [4.69, 9.17) is 0 Å². The molecule has 3 rings (SSSR count). The summed E-state index contributed by atoms with van der Waals surface area (Å²) in [5.74, 6) is -1.38. The number of thiazole rings is 1. The molecule has 0 saturated carbocycles. The van der Waals surface area contributed by atoms with Crippen LogP contribution in [-0.2, 0) is 14.4 Å². The van der Waals surface area contributed by atoms with E-state index in [0.717, 1.165) is 4.90 Å². The average molecular weight is 304 g/mol. The number of imide groups is 1. The van der Waals surface area contributed by atoms with Crippen LogP contribution < -0.4 is 10.6 Å². The second kappa shape index (κ2) is 5.13. The van der Waals surface area contributed by atoms with Gasteiger partial charge < -0.3 is 10.6 Å². The van der Waals surface area contributed by atoms with Crippen LogP contribution in [0.2, 0.25) is 0 Å². The third kappa shape index (κ3) is 2.45. The normalized spacial score (nSPS) is 22.4. The molecular weight excluding hydrogens is 292 g/mol. The van der Waals surface area contributed by atoms with Crippen LogP contribution in [0.3, 0.4) is 0 Å². The smallest absolute Gasteiger partial charge is 0.278 e. The lowest BCUT2D eigenvalue weighted by Gasteiger charge is -2.29. The maximum absolute atomic E-state index is 12.3. The fraction of sp³-hybridized carbons (Fsp3) is 0.231. The minimum atomic E-state index is -0.789. The number of hydrogen-bond donors (Lipinski definition) is 2. The highest BCUT2D eigenvalue weighted by Crippen LogP contribution is 2.24. The van der Waals surface area contributed by atoms with Crippen molar-refractivity contribution in [2.24, 2.45) is 0 Å². The summed E-state index contributed by atoms with van der Waals surface area (Å²) in [5, 5.41) is 7.65. The first-order valence-electron chi connectivity index (χ1n) is 6.30. The molecule has 1 fully saturated rings. The lowest BCUT2D eigenvalue weighted by atomic mass is 10.0. The molecule has 1 unspecified atom stereocenters. The van der Waals surface area contributed by atoms with E-state index >= 15 is 0 Å². The van der Waals surface area contributed by atoms with E-state index < -0.39 is 17.9 Å². The Labute approximate surface area is 124 Å². The molecule has 2 aliphatic rings. The van der Waals surface area contributed by atoms with Crippen LogP contribution in [0, 0.1) is 0 Å². The van der Waals surface area contributed by atoms with Crippen LogP contribution in [0.25, 0.3) is 0 Å². The van der Waals surface area contributed by atoms with Crippen molar-refractivity contribution in [2.45, 2.75) is 18.9 Å². The van der Waals surface area contributed by atoms with Gasteiger partial charge in [-0.2, -0.15) is 0 Å². The van der Waals surface area contributed by atoms with Crippen LogP contribution >= 0.6 is 11.3 Å². The zero-order valence-corrected chi connectivity index (χ0v) is 11.8. The van der Waals surface area contributed by atoms with Crippen LogP contribution in [0.1, 0.15) is 12.8 Å². The quantitative estimate of drug-likeness (QED) is 0.798. The lowest BCUT2D eigenvalue weighted by molar-refractivity contribution is -0.146. The van der Waals surface area contributed by atoms with E-state index in [9.17, 15) is 14.4 Å². The third-order valence-electron chi connectivity index (χ3n) is 3.26. The minimum absolute atomic E-state index is 0.132. The minimum Gasteiger partial charge on any atom is -0.329 e. The van der Waals surface area contributed by atoms with Gasteiger partial charge in [0, 0.05) is 23.3 Å². The number of aromatic nitrogens is 1. The van der Waals surface area contributed by atoms with Crippen molar-refractivity contribution in [1.29, 1.82) is 0 Å². The molecule has 0 bridgehead atoms. The highest BCUT2D eigenvalue weighted by atomic mass is 32.1. The second-order valence-electron chi connectivity index (χ2n) is 4.68. The van der Waals surface area contributed by atoms with E-state index in [-0.39, 0.29) is 11.6 Å². The number of rotatable bonds is 3. The molecule has 108 valence electrons. The SMILES string of the molecule is C=C1CCC(N2C(=O)C=C(Nc3nccs3)C2=O)C(=O)N1. The number of allylic oxidation sites excluding steroid dienone is 1. The zero-order chi connectivity index (χ0) is 15.0. The van der Waals surface area contributed by atoms with Crippen LogP contribution in [-0.4, -0.2) is 33.6 Å². The van der Waals surface area contributed by atoms with Crippen molar-refractivity contribution < 1.29 is 14.4 Å². The van der Waals surface area contributed by atoms with Crippen molar-refractivity contribution in [3.63, 3.8) is 0 Å². The number of nitrogens with one attached hydrogen (secondary N) is 2. The summed E-state index contributed by atoms with van der Waals surface area (Å²) in [6, 6.07) is -0.789. The Morgan fingerprint density at radius 1 is 1.43 bits per heavy atom. The summed E-state index contributed by atoms with van der Waals surface area (Å²) in [7, 11) is 0. The van der Waals surface area contributed by atoms with E-state index in [1.54, 1.807) is 11.6 Å². The van der Waals surface area contributed by atoms with Crippen LogP contribution in [0.5, 0.6) is 0 Å². The van der Waals surface area contributed by atoms with E-state index in [1.165, 1.54) is 17.4 Å². The standard InChI is InChI=1S/C13H12N4O3S/c1-7-2-3-9(11(19)15-7)17-10(18)6-8(12(17)20)16-13-14-4-5-21-13/h4-6,9H,1-3H2,(H,14,16)(H,15,19). The summed E-state index contributed by atoms with van der Waals surface area (Å²) < 4.78 is 0. The number of nitrogens with zero attached hydrogens (tertiary/aromatic N) is 2. The molecule has 1 aromatic heterocycles. The molecule has 21 heavy (non-hydrogen) atoms. The number of piperidine rings is 1. The van der Waals surface area contributed by atoms with Gasteiger partial charge in [-0.05, 0) is 12.8 Å². The average Bonchev–Trinajstić information content (AvgIpc) is 3.02. The van der Waals surface area contributed by atoms with Gasteiger partial charge in [-0.15, -0.1) is 11.3 Å². The molecular formula is C13H12N4O3S. The second-order valence-corrected chi connectivity index (χ2v) is 5.58. The molecule has 3 amide bonds. The van der Waals surface area contributed by atoms with Gasteiger partial charge in [-0.1, -0.05) is 6.58 Å². The number of amides is 3. The molecule has 7 nitrogen and oxygen atoms in total. The summed E-state index contributed by atoms with van der Waals surface area (Å²) in [6.07, 6.45) is 3.72. The Morgan fingerprint density at radius 2 is 2.24 bits per heavy atom. The van der Waals surface area contributed by atoms with Crippen molar-refractivity contribution in [3.8, 4) is 0 Å². The fourth-order valence-electron chi connectivity index (χ4n) is 2.28.